The van der Waals surface area contributed by atoms with Crippen LogP contribution in [0.1, 0.15) is 36.8 Å². The number of para-hydroxylation sites is 1. The molecular weight excluding hydrogens is 284 g/mol. The van der Waals surface area contributed by atoms with Gasteiger partial charge in [-0.3, -0.25) is 15.2 Å². The van der Waals surface area contributed by atoms with Crippen molar-refractivity contribution < 1.29 is 4.79 Å². The molecule has 0 spiro atoms. The Labute approximate surface area is 126 Å². The van der Waals surface area contributed by atoms with E-state index in [0.717, 1.165) is 16.6 Å². The lowest BCUT2D eigenvalue weighted by Gasteiger charge is -2.14. The zero-order chi connectivity index (χ0) is 15.0. The smallest absolute Gasteiger partial charge is 0.259 e. The molecule has 2 heterocycles. The minimum Gasteiger partial charge on any atom is -0.298 e. The number of carbonyl (C=O) groups excluding carboxylic acids is 1. The first-order valence-corrected chi connectivity index (χ1v) is 7.52. The molecule has 0 saturated carbocycles. The predicted octanol–water partition coefficient (Wildman–Crippen LogP) is 3.57. The second kappa shape index (κ2) is 4.96. The number of rotatable bonds is 2. The van der Waals surface area contributed by atoms with Crippen LogP contribution < -0.4 is 5.32 Å². The molecule has 21 heavy (non-hydrogen) atoms. The zero-order valence-corrected chi connectivity index (χ0v) is 12.9. The largest absolute Gasteiger partial charge is 0.298 e. The molecule has 108 valence electrons. The van der Waals surface area contributed by atoms with Crippen LogP contribution in [0.2, 0.25) is 0 Å². The summed E-state index contributed by atoms with van der Waals surface area (Å²) in [6, 6.07) is 5.53. The number of hydrogen-bond donors (Lipinski definition) is 2. The van der Waals surface area contributed by atoms with E-state index in [2.05, 4.69) is 41.3 Å². The van der Waals surface area contributed by atoms with Gasteiger partial charge in [0.25, 0.3) is 5.91 Å². The lowest BCUT2D eigenvalue weighted by Crippen LogP contribution is -2.14. The van der Waals surface area contributed by atoms with E-state index in [0.29, 0.717) is 10.7 Å². The summed E-state index contributed by atoms with van der Waals surface area (Å²) >= 11 is 1.44. The number of carbonyl (C=O) groups is 1. The highest BCUT2D eigenvalue weighted by Gasteiger charge is 2.19. The molecule has 0 unspecified atom stereocenters. The Hall–Kier alpha value is -2.21. The summed E-state index contributed by atoms with van der Waals surface area (Å²) in [4.78, 5) is 16.9. The molecule has 2 aromatic heterocycles. The summed E-state index contributed by atoms with van der Waals surface area (Å²) in [5, 5.41) is 13.2. The van der Waals surface area contributed by atoms with E-state index in [1.54, 1.807) is 12.3 Å². The van der Waals surface area contributed by atoms with Crippen LogP contribution in [0.25, 0.3) is 10.9 Å². The monoisotopic (exact) mass is 300 g/mol. The fourth-order valence-electron chi connectivity index (χ4n) is 2.00. The number of benzene rings is 1. The minimum atomic E-state index is -0.181. The Bertz CT molecular complexity index is 797. The summed E-state index contributed by atoms with van der Waals surface area (Å²) in [6.45, 7) is 6.29. The van der Waals surface area contributed by atoms with Crippen molar-refractivity contribution in [3.05, 3.63) is 41.0 Å². The van der Waals surface area contributed by atoms with Crippen LogP contribution in [0.15, 0.2) is 29.8 Å². The van der Waals surface area contributed by atoms with Gasteiger partial charge in [-0.25, -0.2) is 4.98 Å². The third-order valence-corrected chi connectivity index (χ3v) is 3.97. The summed E-state index contributed by atoms with van der Waals surface area (Å²) in [7, 11) is 0. The Morgan fingerprint density at radius 3 is 2.86 bits per heavy atom. The van der Waals surface area contributed by atoms with E-state index < -0.39 is 0 Å². The van der Waals surface area contributed by atoms with Crippen LogP contribution in [-0.2, 0) is 5.41 Å². The maximum absolute atomic E-state index is 12.4. The van der Waals surface area contributed by atoms with Gasteiger partial charge in [-0.1, -0.05) is 32.9 Å². The first kappa shape index (κ1) is 13.8. The number of nitrogens with zero attached hydrogens (tertiary/aromatic N) is 2. The number of hydrogen-bond acceptors (Lipinski definition) is 4. The maximum Gasteiger partial charge on any atom is 0.259 e. The number of amides is 1. The number of H-pyrrole nitrogens is 1. The average molecular weight is 300 g/mol. The van der Waals surface area contributed by atoms with Crippen molar-refractivity contribution in [1.29, 1.82) is 0 Å². The van der Waals surface area contributed by atoms with E-state index >= 15 is 0 Å². The average Bonchev–Trinajstić information content (AvgIpc) is 3.05. The molecule has 0 atom stereocenters. The Morgan fingerprint density at radius 2 is 2.14 bits per heavy atom. The highest BCUT2D eigenvalue weighted by atomic mass is 32.1. The Balaban J connectivity index is 1.87. The van der Waals surface area contributed by atoms with Gasteiger partial charge in [0.05, 0.1) is 23.0 Å². The molecule has 6 heteroatoms. The topological polar surface area (TPSA) is 70.7 Å². The second-order valence-electron chi connectivity index (χ2n) is 5.88. The van der Waals surface area contributed by atoms with E-state index in [1.807, 2.05) is 17.5 Å². The van der Waals surface area contributed by atoms with Crippen molar-refractivity contribution >= 4 is 33.3 Å². The highest BCUT2D eigenvalue weighted by molar-refractivity contribution is 7.14. The van der Waals surface area contributed by atoms with E-state index in [-0.39, 0.29) is 11.3 Å². The quantitative estimate of drug-likeness (QED) is 0.760. The van der Waals surface area contributed by atoms with Gasteiger partial charge in [0, 0.05) is 16.2 Å². The predicted molar refractivity (Wildman–Crippen MR) is 84.9 cm³/mol. The van der Waals surface area contributed by atoms with Gasteiger partial charge < -0.3 is 0 Å². The highest BCUT2D eigenvalue weighted by Crippen LogP contribution is 2.27. The molecule has 0 saturated heterocycles. The number of nitrogens with one attached hydrogen (secondary N) is 2. The molecule has 0 aliphatic rings. The van der Waals surface area contributed by atoms with Gasteiger partial charge in [-0.2, -0.15) is 5.10 Å². The molecule has 0 aliphatic carbocycles. The first-order chi connectivity index (χ1) is 9.95. The van der Waals surface area contributed by atoms with Crippen LogP contribution in [0.3, 0.4) is 0 Å². The van der Waals surface area contributed by atoms with E-state index in [9.17, 15) is 4.79 Å². The normalized spacial score (nSPS) is 11.8. The SMILES string of the molecule is CC(C)(C)c1csc(NC(=O)c2cccc3cn[nH]c23)n1. The van der Waals surface area contributed by atoms with Gasteiger partial charge >= 0.3 is 0 Å². The molecular formula is C15H16N4OS. The van der Waals surface area contributed by atoms with Crippen LogP contribution >= 0.6 is 11.3 Å². The summed E-state index contributed by atoms with van der Waals surface area (Å²) < 4.78 is 0. The fourth-order valence-corrected chi connectivity index (χ4v) is 2.93. The summed E-state index contributed by atoms with van der Waals surface area (Å²) in [5.74, 6) is -0.181. The molecule has 1 amide bonds. The van der Waals surface area contributed by atoms with Gasteiger partial charge in [0.15, 0.2) is 5.13 Å². The van der Waals surface area contributed by atoms with Crippen molar-refractivity contribution in [2.24, 2.45) is 0 Å². The first-order valence-electron chi connectivity index (χ1n) is 6.64. The summed E-state index contributed by atoms with van der Waals surface area (Å²) in [5.41, 5.74) is 2.26. The zero-order valence-electron chi connectivity index (χ0n) is 12.1. The number of aromatic amines is 1. The molecule has 5 nitrogen and oxygen atoms in total. The maximum atomic E-state index is 12.4. The third-order valence-electron chi connectivity index (χ3n) is 3.21. The number of aromatic nitrogens is 3. The van der Waals surface area contributed by atoms with Crippen LogP contribution in [-0.4, -0.2) is 21.1 Å². The Kier molecular flexibility index (Phi) is 3.25. The van der Waals surface area contributed by atoms with Gasteiger partial charge in [0.1, 0.15) is 0 Å². The van der Waals surface area contributed by atoms with Crippen LogP contribution in [0.5, 0.6) is 0 Å². The van der Waals surface area contributed by atoms with Crippen molar-refractivity contribution in [1.82, 2.24) is 15.2 Å². The van der Waals surface area contributed by atoms with Crippen LogP contribution in [0.4, 0.5) is 5.13 Å². The molecule has 2 N–H and O–H groups in total. The van der Waals surface area contributed by atoms with Crippen molar-refractivity contribution in [3.8, 4) is 0 Å². The minimum absolute atomic E-state index is 0.0249. The number of fused-ring (bicyclic) bond motifs is 1. The number of thiazole rings is 1. The van der Waals surface area contributed by atoms with Crippen molar-refractivity contribution in [2.75, 3.05) is 5.32 Å². The molecule has 0 fully saturated rings. The lowest BCUT2D eigenvalue weighted by molar-refractivity contribution is 0.102. The molecule has 0 aliphatic heterocycles. The van der Waals surface area contributed by atoms with Crippen molar-refractivity contribution in [2.45, 2.75) is 26.2 Å². The van der Waals surface area contributed by atoms with Gasteiger partial charge in [-0.05, 0) is 6.07 Å². The fraction of sp³-hybridized carbons (Fsp3) is 0.267. The molecule has 3 rings (SSSR count). The molecule has 3 aromatic rings. The third kappa shape index (κ3) is 2.67. The van der Waals surface area contributed by atoms with Crippen LogP contribution in [0, 0.1) is 0 Å². The Morgan fingerprint density at radius 1 is 1.33 bits per heavy atom. The molecule has 0 bridgehead atoms. The second-order valence-corrected chi connectivity index (χ2v) is 6.74. The van der Waals surface area contributed by atoms with Gasteiger partial charge in [-0.15, -0.1) is 11.3 Å². The van der Waals surface area contributed by atoms with Gasteiger partial charge in [0.2, 0.25) is 0 Å². The van der Waals surface area contributed by atoms with E-state index in [4.69, 9.17) is 0 Å². The lowest BCUT2D eigenvalue weighted by atomic mass is 9.93. The number of anilines is 1. The summed E-state index contributed by atoms with van der Waals surface area (Å²) in [6.07, 6.45) is 1.70. The standard InChI is InChI=1S/C15H16N4OS/c1-15(2,3)11-8-21-14(17-11)18-13(20)10-6-4-5-9-7-16-19-12(9)10/h4-8H,1-3H3,(H,16,19)(H,17,18,20). The van der Waals surface area contributed by atoms with Crippen molar-refractivity contribution in [3.63, 3.8) is 0 Å². The molecule has 1 aromatic carbocycles. The van der Waals surface area contributed by atoms with E-state index in [1.165, 1.54) is 11.3 Å². The molecule has 0 radical (unpaired) electrons.